The van der Waals surface area contributed by atoms with Gasteiger partial charge in [0.05, 0.1) is 0 Å². The maximum Gasteiger partial charge on any atom is 0.0132 e. The van der Waals surface area contributed by atoms with Gasteiger partial charge in [-0.3, -0.25) is 0 Å². The zero-order chi connectivity index (χ0) is 7.44. The first kappa shape index (κ1) is 8.70. The third-order valence-electron chi connectivity index (χ3n) is 1.34. The van der Waals surface area contributed by atoms with E-state index in [1.54, 1.807) is 0 Å². The molecule has 0 spiro atoms. The Hall–Kier alpha value is -0.300. The lowest BCUT2D eigenvalue weighted by Gasteiger charge is -2.18. The van der Waals surface area contributed by atoms with E-state index in [1.165, 1.54) is 0 Å². The van der Waals surface area contributed by atoms with Gasteiger partial charge in [-0.15, -0.1) is 0 Å². The first-order valence-electron chi connectivity index (χ1n) is 3.21. The van der Waals surface area contributed by atoms with Crippen LogP contribution in [0.15, 0.2) is 12.2 Å². The molecule has 0 fully saturated rings. The highest BCUT2D eigenvalue weighted by Gasteiger charge is 2.02. The smallest absolute Gasteiger partial charge is 0.0132 e. The van der Waals surface area contributed by atoms with Crippen LogP contribution in [0.2, 0.25) is 0 Å². The lowest BCUT2D eigenvalue weighted by Crippen LogP contribution is -2.24. The second-order valence-corrected chi connectivity index (χ2v) is 2.72. The van der Waals surface area contributed by atoms with E-state index in [4.69, 9.17) is 0 Å². The largest absolute Gasteiger partial charge is 0.306 e. The van der Waals surface area contributed by atoms with Crippen molar-refractivity contribution in [2.24, 2.45) is 0 Å². The van der Waals surface area contributed by atoms with E-state index in [2.05, 4.69) is 38.9 Å². The van der Waals surface area contributed by atoms with Gasteiger partial charge in [0.1, 0.15) is 0 Å². The second-order valence-electron chi connectivity index (χ2n) is 2.72. The van der Waals surface area contributed by atoms with Gasteiger partial charge in [-0.05, 0) is 27.9 Å². The van der Waals surface area contributed by atoms with Gasteiger partial charge in [0.25, 0.3) is 0 Å². The van der Waals surface area contributed by atoms with E-state index >= 15 is 0 Å². The topological polar surface area (TPSA) is 3.24 Å². The molecule has 0 rings (SSSR count). The molecule has 0 aromatic heterocycles. The zero-order valence-electron chi connectivity index (χ0n) is 6.81. The van der Waals surface area contributed by atoms with Crippen LogP contribution in [0.3, 0.4) is 0 Å². The standard InChI is InChI=1S/C8H16N/c1-7(2)6-8(3)9(4)5/h6,8H,1H2,2-5H3. The molecule has 1 unspecified atom stereocenters. The molecular formula is C8H16N. The molecule has 9 heavy (non-hydrogen) atoms. The van der Waals surface area contributed by atoms with Gasteiger partial charge in [-0.1, -0.05) is 12.2 Å². The molecule has 0 aliphatic heterocycles. The van der Waals surface area contributed by atoms with Crippen molar-refractivity contribution >= 4 is 0 Å². The van der Waals surface area contributed by atoms with Crippen molar-refractivity contribution in [1.82, 2.24) is 4.90 Å². The van der Waals surface area contributed by atoms with Crippen LogP contribution in [-0.4, -0.2) is 25.0 Å². The number of hydrogen-bond donors (Lipinski definition) is 0. The van der Waals surface area contributed by atoms with Crippen molar-refractivity contribution in [3.63, 3.8) is 0 Å². The average molecular weight is 126 g/mol. The molecule has 0 saturated heterocycles. The maximum absolute atomic E-state index is 3.80. The molecular weight excluding hydrogens is 110 g/mol. The molecule has 53 valence electrons. The van der Waals surface area contributed by atoms with Crippen molar-refractivity contribution in [3.8, 4) is 0 Å². The van der Waals surface area contributed by atoms with Crippen LogP contribution >= 0.6 is 0 Å². The molecule has 1 nitrogen and oxygen atoms in total. The van der Waals surface area contributed by atoms with Gasteiger partial charge in [0, 0.05) is 12.5 Å². The van der Waals surface area contributed by atoms with Crippen LogP contribution in [-0.2, 0) is 0 Å². The van der Waals surface area contributed by atoms with Gasteiger partial charge < -0.3 is 4.90 Å². The third kappa shape index (κ3) is 4.22. The molecule has 0 aromatic rings. The first-order chi connectivity index (χ1) is 4.04. The van der Waals surface area contributed by atoms with Gasteiger partial charge in [-0.2, -0.15) is 0 Å². The molecule has 1 radical (unpaired) electrons. The normalized spacial score (nSPS) is 13.9. The van der Waals surface area contributed by atoms with Gasteiger partial charge in [-0.25, -0.2) is 0 Å². The fraction of sp³-hybridized carbons (Fsp3) is 0.625. The van der Waals surface area contributed by atoms with Crippen molar-refractivity contribution in [3.05, 3.63) is 18.6 Å². The summed E-state index contributed by atoms with van der Waals surface area (Å²) in [7, 11) is 4.12. The average Bonchev–Trinajstić information content (AvgIpc) is 1.63. The SMILES string of the molecule is C=C(C)[CH]C(C)N(C)C. The molecule has 0 heterocycles. The Balaban J connectivity index is 3.50. The molecule has 1 atom stereocenters. The van der Waals surface area contributed by atoms with Crippen LogP contribution < -0.4 is 0 Å². The zero-order valence-corrected chi connectivity index (χ0v) is 6.81. The highest BCUT2D eigenvalue weighted by Crippen LogP contribution is 2.03. The second kappa shape index (κ2) is 3.67. The van der Waals surface area contributed by atoms with Crippen LogP contribution in [0.1, 0.15) is 13.8 Å². The fourth-order valence-electron chi connectivity index (χ4n) is 0.561. The van der Waals surface area contributed by atoms with Crippen LogP contribution in [0.5, 0.6) is 0 Å². The van der Waals surface area contributed by atoms with Crippen LogP contribution in [0.4, 0.5) is 0 Å². The predicted octanol–water partition coefficient (Wildman–Crippen LogP) is 1.72. The van der Waals surface area contributed by atoms with E-state index in [9.17, 15) is 0 Å². The summed E-state index contributed by atoms with van der Waals surface area (Å²) in [6.45, 7) is 7.96. The lowest BCUT2D eigenvalue weighted by molar-refractivity contribution is 0.350. The summed E-state index contributed by atoms with van der Waals surface area (Å²) in [4.78, 5) is 2.15. The molecule has 0 N–H and O–H groups in total. The van der Waals surface area contributed by atoms with E-state index in [1.807, 2.05) is 6.92 Å². The minimum Gasteiger partial charge on any atom is -0.306 e. The maximum atomic E-state index is 3.80. The Morgan fingerprint density at radius 2 is 2.00 bits per heavy atom. The summed E-state index contributed by atoms with van der Waals surface area (Å²) in [5, 5.41) is 0. The van der Waals surface area contributed by atoms with Gasteiger partial charge >= 0.3 is 0 Å². The van der Waals surface area contributed by atoms with Crippen molar-refractivity contribution < 1.29 is 0 Å². The minimum absolute atomic E-state index is 0.502. The highest BCUT2D eigenvalue weighted by molar-refractivity contribution is 5.08. The third-order valence-corrected chi connectivity index (χ3v) is 1.34. The molecule has 0 bridgehead atoms. The lowest BCUT2D eigenvalue weighted by atomic mass is 10.1. The summed E-state index contributed by atoms with van der Waals surface area (Å²) in [6, 6.07) is 0.502. The summed E-state index contributed by atoms with van der Waals surface area (Å²) in [5.74, 6) is 0. The van der Waals surface area contributed by atoms with Crippen molar-refractivity contribution in [1.29, 1.82) is 0 Å². The monoisotopic (exact) mass is 126 g/mol. The molecule has 0 aliphatic carbocycles. The van der Waals surface area contributed by atoms with E-state index in [0.717, 1.165) is 5.57 Å². The first-order valence-corrected chi connectivity index (χ1v) is 3.21. The molecule has 0 amide bonds. The summed E-state index contributed by atoms with van der Waals surface area (Å²) in [5.41, 5.74) is 1.14. The number of rotatable bonds is 3. The van der Waals surface area contributed by atoms with E-state index in [0.29, 0.717) is 6.04 Å². The van der Waals surface area contributed by atoms with Crippen molar-refractivity contribution in [2.75, 3.05) is 14.1 Å². The Morgan fingerprint density at radius 1 is 1.56 bits per heavy atom. The Bertz CT molecular complexity index is 94.7. The molecule has 0 aromatic carbocycles. The molecule has 0 aliphatic rings. The van der Waals surface area contributed by atoms with E-state index < -0.39 is 0 Å². The van der Waals surface area contributed by atoms with Crippen LogP contribution in [0.25, 0.3) is 0 Å². The summed E-state index contributed by atoms with van der Waals surface area (Å²) < 4.78 is 0. The van der Waals surface area contributed by atoms with Crippen LogP contribution in [0, 0.1) is 6.42 Å². The summed E-state index contributed by atoms with van der Waals surface area (Å²) in [6.07, 6.45) is 2.14. The van der Waals surface area contributed by atoms with Gasteiger partial charge in [0.15, 0.2) is 0 Å². The van der Waals surface area contributed by atoms with Crippen molar-refractivity contribution in [2.45, 2.75) is 19.9 Å². The number of hydrogen-bond acceptors (Lipinski definition) is 1. The minimum atomic E-state index is 0.502. The Labute approximate surface area is 58.4 Å². The Morgan fingerprint density at radius 3 is 2.11 bits per heavy atom. The quantitative estimate of drug-likeness (QED) is 0.556. The summed E-state index contributed by atoms with van der Waals surface area (Å²) >= 11 is 0. The van der Waals surface area contributed by atoms with E-state index in [-0.39, 0.29) is 0 Å². The fourth-order valence-corrected chi connectivity index (χ4v) is 0.561. The van der Waals surface area contributed by atoms with Gasteiger partial charge in [0.2, 0.25) is 0 Å². The highest BCUT2D eigenvalue weighted by atomic mass is 15.1. The Kier molecular flexibility index (Phi) is 3.55. The number of nitrogens with zero attached hydrogens (tertiary/aromatic N) is 1. The molecule has 1 heteroatoms. The molecule has 0 saturated carbocycles. The predicted molar refractivity (Wildman–Crippen MR) is 42.3 cm³/mol.